The molecule has 0 saturated carbocycles. The zero-order valence-corrected chi connectivity index (χ0v) is 16.1. The average Bonchev–Trinajstić information content (AvgIpc) is 3.17. The highest BCUT2D eigenvalue weighted by Gasteiger charge is 2.20. The van der Waals surface area contributed by atoms with Crippen molar-refractivity contribution in [2.45, 2.75) is 26.4 Å². The summed E-state index contributed by atoms with van der Waals surface area (Å²) < 4.78 is 2.80. The van der Waals surface area contributed by atoms with Crippen molar-refractivity contribution in [1.29, 1.82) is 0 Å². The number of rotatable bonds is 5. The summed E-state index contributed by atoms with van der Waals surface area (Å²) in [5.41, 5.74) is 1.78. The highest BCUT2D eigenvalue weighted by atomic mass is 79.9. The van der Waals surface area contributed by atoms with Crippen LogP contribution in [0.2, 0.25) is 0 Å². The zero-order chi connectivity index (χ0) is 18.0. The van der Waals surface area contributed by atoms with Crippen LogP contribution in [0.15, 0.2) is 40.2 Å². The van der Waals surface area contributed by atoms with Gasteiger partial charge >= 0.3 is 0 Å². The van der Waals surface area contributed by atoms with Gasteiger partial charge in [0.25, 0.3) is 5.91 Å². The van der Waals surface area contributed by atoms with E-state index in [1.165, 1.54) is 11.3 Å². The summed E-state index contributed by atoms with van der Waals surface area (Å²) in [7, 11) is 0. The Kier molecular flexibility index (Phi) is 5.19. The second-order valence-corrected chi connectivity index (χ2v) is 7.92. The minimum Gasteiger partial charge on any atom is -0.340 e. The van der Waals surface area contributed by atoms with Crippen LogP contribution >= 0.6 is 27.3 Å². The van der Waals surface area contributed by atoms with Gasteiger partial charge in [-0.3, -0.25) is 14.9 Å². The van der Waals surface area contributed by atoms with Gasteiger partial charge in [0.15, 0.2) is 0 Å². The van der Waals surface area contributed by atoms with Gasteiger partial charge < -0.3 is 9.88 Å². The summed E-state index contributed by atoms with van der Waals surface area (Å²) >= 11 is 4.64. The lowest BCUT2D eigenvalue weighted by Crippen LogP contribution is -2.41. The van der Waals surface area contributed by atoms with Gasteiger partial charge in [0, 0.05) is 6.54 Å². The predicted molar refractivity (Wildman–Crippen MR) is 103 cm³/mol. The minimum absolute atomic E-state index is 0.276. The number of imidazole rings is 1. The molecule has 1 aromatic carbocycles. The minimum atomic E-state index is -0.682. The van der Waals surface area contributed by atoms with Crippen LogP contribution in [0.25, 0.3) is 11.0 Å². The van der Waals surface area contributed by atoms with Crippen LogP contribution in [0.5, 0.6) is 0 Å². The molecule has 25 heavy (non-hydrogen) atoms. The van der Waals surface area contributed by atoms with Crippen LogP contribution in [0, 0.1) is 0 Å². The van der Waals surface area contributed by atoms with Crippen molar-refractivity contribution in [3.8, 4) is 0 Å². The number of para-hydroxylation sites is 2. The van der Waals surface area contributed by atoms with Crippen molar-refractivity contribution in [2.24, 2.45) is 0 Å². The maximum absolute atomic E-state index is 12.4. The van der Waals surface area contributed by atoms with E-state index in [-0.39, 0.29) is 11.8 Å². The fourth-order valence-corrected chi connectivity index (χ4v) is 3.77. The first kappa shape index (κ1) is 17.6. The summed E-state index contributed by atoms with van der Waals surface area (Å²) in [6.07, 6.45) is 0. The maximum Gasteiger partial charge on any atom is 0.262 e. The fraction of sp³-hybridized carbons (Fsp3) is 0.235. The molecule has 0 radical (unpaired) electrons. The van der Waals surface area contributed by atoms with Crippen LogP contribution in [0.3, 0.4) is 0 Å². The van der Waals surface area contributed by atoms with Crippen molar-refractivity contribution in [2.75, 3.05) is 5.32 Å². The van der Waals surface area contributed by atoms with Gasteiger partial charge in [-0.1, -0.05) is 12.1 Å². The van der Waals surface area contributed by atoms with Crippen LogP contribution in [-0.2, 0) is 11.3 Å². The first-order chi connectivity index (χ1) is 12.0. The van der Waals surface area contributed by atoms with Crippen molar-refractivity contribution in [1.82, 2.24) is 14.9 Å². The molecular weight excluding hydrogens is 404 g/mol. The van der Waals surface area contributed by atoms with Gasteiger partial charge in [-0.2, -0.15) is 0 Å². The van der Waals surface area contributed by atoms with Crippen molar-refractivity contribution < 1.29 is 9.59 Å². The smallest absolute Gasteiger partial charge is 0.262 e. The molecule has 2 amide bonds. The van der Waals surface area contributed by atoms with Crippen molar-refractivity contribution in [3.05, 3.63) is 45.1 Å². The van der Waals surface area contributed by atoms with E-state index in [0.29, 0.717) is 17.4 Å². The van der Waals surface area contributed by atoms with Gasteiger partial charge in [0.05, 0.1) is 19.7 Å². The summed E-state index contributed by atoms with van der Waals surface area (Å²) in [6.45, 7) is 4.32. The standard InChI is InChI=1S/C17H17BrN4O2S/c1-3-22-12-7-5-4-6-11(12)20-17(22)21-15(23)10(2)19-16(24)13-8-9-14(18)25-13/h4-10H,3H2,1-2H3,(H,19,24)(H,20,21,23). The number of carbonyl (C=O) groups excluding carboxylic acids is 2. The summed E-state index contributed by atoms with van der Waals surface area (Å²) in [5, 5.41) is 5.51. The second kappa shape index (κ2) is 7.37. The fourth-order valence-electron chi connectivity index (χ4n) is 2.48. The van der Waals surface area contributed by atoms with E-state index in [1.807, 2.05) is 35.8 Å². The van der Waals surface area contributed by atoms with Crippen LogP contribution in [0.4, 0.5) is 5.95 Å². The van der Waals surface area contributed by atoms with E-state index < -0.39 is 6.04 Å². The molecule has 6 nitrogen and oxygen atoms in total. The van der Waals surface area contributed by atoms with Gasteiger partial charge in [-0.15, -0.1) is 11.3 Å². The Balaban J connectivity index is 1.72. The van der Waals surface area contributed by atoms with Gasteiger partial charge in [-0.05, 0) is 54.0 Å². The number of benzene rings is 1. The monoisotopic (exact) mass is 420 g/mol. The van der Waals surface area contributed by atoms with Gasteiger partial charge in [-0.25, -0.2) is 4.98 Å². The molecule has 130 valence electrons. The lowest BCUT2D eigenvalue weighted by atomic mass is 10.3. The van der Waals surface area contributed by atoms with Crippen molar-refractivity contribution in [3.63, 3.8) is 0 Å². The molecule has 0 aliphatic heterocycles. The average molecular weight is 421 g/mol. The zero-order valence-electron chi connectivity index (χ0n) is 13.7. The number of anilines is 1. The van der Waals surface area contributed by atoms with Gasteiger partial charge in [0.2, 0.25) is 11.9 Å². The molecule has 2 aromatic heterocycles. The first-order valence-electron chi connectivity index (χ1n) is 7.82. The third-order valence-electron chi connectivity index (χ3n) is 3.74. The molecule has 1 atom stereocenters. The number of aryl methyl sites for hydroxylation is 1. The molecule has 0 bridgehead atoms. The normalized spacial score (nSPS) is 12.1. The molecule has 0 aliphatic carbocycles. The molecule has 2 N–H and O–H groups in total. The number of fused-ring (bicyclic) bond motifs is 1. The topological polar surface area (TPSA) is 76.0 Å². The number of nitrogens with zero attached hydrogens (tertiary/aromatic N) is 2. The molecule has 8 heteroatoms. The number of carbonyl (C=O) groups is 2. The molecule has 0 saturated heterocycles. The summed E-state index contributed by atoms with van der Waals surface area (Å²) in [5.74, 6) is -0.106. The Bertz CT molecular complexity index is 934. The number of aromatic nitrogens is 2. The number of nitrogens with one attached hydrogen (secondary N) is 2. The van der Waals surface area contributed by atoms with E-state index in [0.717, 1.165) is 14.8 Å². The number of thiophene rings is 1. The van der Waals surface area contributed by atoms with E-state index in [1.54, 1.807) is 19.1 Å². The van der Waals surface area contributed by atoms with Crippen LogP contribution in [0.1, 0.15) is 23.5 Å². The maximum atomic E-state index is 12.4. The van der Waals surface area contributed by atoms with Crippen molar-refractivity contribution >= 4 is 56.1 Å². The largest absolute Gasteiger partial charge is 0.340 e. The van der Waals surface area contributed by atoms with E-state index in [9.17, 15) is 9.59 Å². The Hall–Kier alpha value is -2.19. The molecule has 3 rings (SSSR count). The third-order valence-corrected chi connectivity index (χ3v) is 5.37. The van der Waals surface area contributed by atoms with E-state index in [4.69, 9.17) is 0 Å². The molecule has 2 heterocycles. The third kappa shape index (κ3) is 3.74. The molecule has 0 fully saturated rings. The highest BCUT2D eigenvalue weighted by Crippen LogP contribution is 2.22. The second-order valence-electron chi connectivity index (χ2n) is 5.46. The molecule has 0 aliphatic rings. The quantitative estimate of drug-likeness (QED) is 0.661. The SMILES string of the molecule is CCn1c(NC(=O)C(C)NC(=O)c2ccc(Br)s2)nc2ccccc21. The number of amides is 2. The summed E-state index contributed by atoms with van der Waals surface area (Å²) in [6, 6.07) is 10.5. The highest BCUT2D eigenvalue weighted by molar-refractivity contribution is 9.11. The predicted octanol–water partition coefficient (Wildman–Crippen LogP) is 3.64. The van der Waals surface area contributed by atoms with Crippen LogP contribution in [-0.4, -0.2) is 27.4 Å². The molecular formula is C17H17BrN4O2S. The number of hydrogen-bond donors (Lipinski definition) is 2. The number of hydrogen-bond acceptors (Lipinski definition) is 4. The molecule has 1 unspecified atom stereocenters. The Morgan fingerprint density at radius 3 is 2.72 bits per heavy atom. The molecule has 0 spiro atoms. The van der Waals surface area contributed by atoms with Gasteiger partial charge in [0.1, 0.15) is 6.04 Å². The van der Waals surface area contributed by atoms with Crippen LogP contribution < -0.4 is 10.6 Å². The van der Waals surface area contributed by atoms with E-state index in [2.05, 4.69) is 31.5 Å². The lowest BCUT2D eigenvalue weighted by molar-refractivity contribution is -0.117. The first-order valence-corrected chi connectivity index (χ1v) is 9.43. The lowest BCUT2D eigenvalue weighted by Gasteiger charge is -2.14. The molecule has 3 aromatic rings. The Labute approximate surface area is 157 Å². The summed E-state index contributed by atoms with van der Waals surface area (Å²) in [4.78, 5) is 29.6. The van der Waals surface area contributed by atoms with E-state index >= 15 is 0 Å². The number of halogens is 1. The Morgan fingerprint density at radius 2 is 2.04 bits per heavy atom. The Morgan fingerprint density at radius 1 is 1.28 bits per heavy atom.